The molecule has 1 unspecified atom stereocenters. The van der Waals surface area contributed by atoms with E-state index in [4.69, 9.17) is 10.00 Å². The number of benzene rings is 1. The molecule has 3 nitrogen and oxygen atoms in total. The summed E-state index contributed by atoms with van der Waals surface area (Å²) < 4.78 is 5.17. The van der Waals surface area contributed by atoms with Crippen LogP contribution in [0.2, 0.25) is 0 Å². The molecule has 0 aliphatic carbocycles. The Balaban J connectivity index is 2.59. The zero-order valence-electron chi connectivity index (χ0n) is 10.0. The first-order valence-electron chi connectivity index (χ1n) is 5.44. The van der Waals surface area contributed by atoms with Gasteiger partial charge in [-0.2, -0.15) is 5.26 Å². The average Bonchev–Trinajstić information content (AvgIpc) is 2.35. The maximum absolute atomic E-state index is 8.69. The summed E-state index contributed by atoms with van der Waals surface area (Å²) >= 11 is 0. The van der Waals surface area contributed by atoms with E-state index in [0.29, 0.717) is 6.54 Å². The number of methoxy groups -OCH3 is 1. The van der Waals surface area contributed by atoms with Gasteiger partial charge in [0.1, 0.15) is 5.75 Å². The van der Waals surface area contributed by atoms with E-state index in [1.54, 1.807) is 7.11 Å². The Morgan fingerprint density at radius 2 is 2.19 bits per heavy atom. The van der Waals surface area contributed by atoms with Gasteiger partial charge in [-0.25, -0.2) is 0 Å². The van der Waals surface area contributed by atoms with Gasteiger partial charge in [-0.05, 0) is 31.5 Å². The minimum atomic E-state index is 0.0352. The van der Waals surface area contributed by atoms with Crippen molar-refractivity contribution in [1.29, 1.82) is 5.26 Å². The van der Waals surface area contributed by atoms with Crippen LogP contribution in [0.5, 0.6) is 5.75 Å². The smallest absolute Gasteiger partial charge is 0.119 e. The number of hydrogen-bond acceptors (Lipinski definition) is 3. The van der Waals surface area contributed by atoms with Crippen LogP contribution in [0, 0.1) is 17.2 Å². The van der Waals surface area contributed by atoms with Crippen LogP contribution in [-0.2, 0) is 0 Å². The summed E-state index contributed by atoms with van der Waals surface area (Å²) in [4.78, 5) is 0. The number of nitrogens with one attached hydrogen (secondary N) is 1. The Hall–Kier alpha value is -1.53. The van der Waals surface area contributed by atoms with Crippen molar-refractivity contribution in [2.75, 3.05) is 13.7 Å². The van der Waals surface area contributed by atoms with Crippen molar-refractivity contribution in [2.45, 2.75) is 19.9 Å². The zero-order chi connectivity index (χ0) is 12.0. The molecule has 0 bridgehead atoms. The minimum absolute atomic E-state index is 0.0352. The molecule has 0 amide bonds. The second-order valence-electron chi connectivity index (χ2n) is 3.94. The average molecular weight is 218 g/mol. The normalized spacial score (nSPS) is 13.9. The van der Waals surface area contributed by atoms with Crippen LogP contribution in [-0.4, -0.2) is 13.7 Å². The number of rotatable bonds is 5. The van der Waals surface area contributed by atoms with Crippen LogP contribution in [0.1, 0.15) is 25.5 Å². The summed E-state index contributed by atoms with van der Waals surface area (Å²) in [7, 11) is 1.66. The molecule has 86 valence electrons. The Morgan fingerprint density at radius 1 is 1.44 bits per heavy atom. The first kappa shape index (κ1) is 12.5. The van der Waals surface area contributed by atoms with Crippen molar-refractivity contribution < 1.29 is 4.74 Å². The lowest BCUT2D eigenvalue weighted by Gasteiger charge is -2.15. The Bertz CT molecular complexity index is 370. The van der Waals surface area contributed by atoms with E-state index in [1.165, 1.54) is 5.56 Å². The first-order valence-corrected chi connectivity index (χ1v) is 5.44. The van der Waals surface area contributed by atoms with Gasteiger partial charge < -0.3 is 10.1 Å². The predicted molar refractivity (Wildman–Crippen MR) is 64.2 cm³/mol. The van der Waals surface area contributed by atoms with Gasteiger partial charge in [-0.15, -0.1) is 0 Å². The lowest BCUT2D eigenvalue weighted by molar-refractivity contribution is 0.413. The van der Waals surface area contributed by atoms with Crippen LogP contribution in [0.3, 0.4) is 0 Å². The van der Waals surface area contributed by atoms with Gasteiger partial charge in [0.15, 0.2) is 0 Å². The van der Waals surface area contributed by atoms with Gasteiger partial charge in [0.25, 0.3) is 0 Å². The fourth-order valence-corrected chi connectivity index (χ4v) is 1.43. The SMILES string of the molecule is COc1cccc([C@H](C)NCC(C)C#N)c1. The van der Waals surface area contributed by atoms with E-state index in [0.717, 1.165) is 5.75 Å². The molecule has 0 saturated carbocycles. The third kappa shape index (κ3) is 3.56. The van der Waals surface area contributed by atoms with Gasteiger partial charge in [-0.3, -0.25) is 0 Å². The highest BCUT2D eigenvalue weighted by Gasteiger charge is 2.07. The molecule has 0 radical (unpaired) electrons. The van der Waals surface area contributed by atoms with Crippen LogP contribution >= 0.6 is 0 Å². The Kier molecular flexibility index (Phi) is 4.81. The molecule has 16 heavy (non-hydrogen) atoms. The highest BCUT2D eigenvalue weighted by molar-refractivity contribution is 5.30. The summed E-state index contributed by atoms with van der Waals surface area (Å²) in [5, 5.41) is 12.0. The van der Waals surface area contributed by atoms with Crippen LogP contribution in [0.25, 0.3) is 0 Å². The van der Waals surface area contributed by atoms with Crippen LogP contribution in [0.15, 0.2) is 24.3 Å². The fraction of sp³-hybridized carbons (Fsp3) is 0.462. The molecule has 0 aliphatic heterocycles. The van der Waals surface area contributed by atoms with E-state index >= 15 is 0 Å². The van der Waals surface area contributed by atoms with Crippen molar-refractivity contribution in [3.8, 4) is 11.8 Å². The molecular formula is C13H18N2O. The quantitative estimate of drug-likeness (QED) is 0.826. The fourth-order valence-electron chi connectivity index (χ4n) is 1.43. The maximum Gasteiger partial charge on any atom is 0.119 e. The van der Waals surface area contributed by atoms with E-state index < -0.39 is 0 Å². The molecule has 1 aromatic rings. The largest absolute Gasteiger partial charge is 0.497 e. The van der Waals surface area contributed by atoms with Gasteiger partial charge in [-0.1, -0.05) is 12.1 Å². The molecule has 2 atom stereocenters. The van der Waals surface area contributed by atoms with Crippen molar-refractivity contribution in [3.05, 3.63) is 29.8 Å². The molecule has 0 spiro atoms. The topological polar surface area (TPSA) is 45.0 Å². The van der Waals surface area contributed by atoms with Gasteiger partial charge in [0.05, 0.1) is 19.1 Å². The van der Waals surface area contributed by atoms with Gasteiger partial charge in [0, 0.05) is 12.6 Å². The second kappa shape index (κ2) is 6.14. The van der Waals surface area contributed by atoms with E-state index in [9.17, 15) is 0 Å². The summed E-state index contributed by atoms with van der Waals surface area (Å²) in [5.41, 5.74) is 1.17. The molecule has 3 heteroatoms. The van der Waals surface area contributed by atoms with Gasteiger partial charge >= 0.3 is 0 Å². The third-order valence-electron chi connectivity index (χ3n) is 2.54. The second-order valence-corrected chi connectivity index (χ2v) is 3.94. The van der Waals surface area contributed by atoms with E-state index in [1.807, 2.05) is 25.1 Å². The summed E-state index contributed by atoms with van der Waals surface area (Å²) in [6.45, 7) is 4.69. The molecule has 1 N–H and O–H groups in total. The van der Waals surface area contributed by atoms with E-state index in [2.05, 4.69) is 24.4 Å². The predicted octanol–water partition coefficient (Wildman–Crippen LogP) is 2.51. The van der Waals surface area contributed by atoms with Crippen LogP contribution in [0.4, 0.5) is 0 Å². The standard InChI is InChI=1S/C13H18N2O/c1-10(8-14)9-15-11(2)12-5-4-6-13(7-12)16-3/h4-7,10-11,15H,9H2,1-3H3/t10?,11-/m0/s1. The zero-order valence-corrected chi connectivity index (χ0v) is 10.0. The summed E-state index contributed by atoms with van der Waals surface area (Å²) in [6, 6.07) is 10.4. The molecule has 0 heterocycles. The van der Waals surface area contributed by atoms with E-state index in [-0.39, 0.29) is 12.0 Å². The molecule has 0 aromatic heterocycles. The number of hydrogen-bond donors (Lipinski definition) is 1. The molecular weight excluding hydrogens is 200 g/mol. The first-order chi connectivity index (χ1) is 7.67. The minimum Gasteiger partial charge on any atom is -0.497 e. The summed E-state index contributed by atoms with van der Waals surface area (Å²) in [5.74, 6) is 0.896. The van der Waals surface area contributed by atoms with Gasteiger partial charge in [0.2, 0.25) is 0 Å². The van der Waals surface area contributed by atoms with Crippen molar-refractivity contribution >= 4 is 0 Å². The molecule has 0 saturated heterocycles. The molecule has 1 rings (SSSR count). The monoisotopic (exact) mass is 218 g/mol. The lowest BCUT2D eigenvalue weighted by atomic mass is 10.1. The number of nitrogens with zero attached hydrogens (tertiary/aromatic N) is 1. The highest BCUT2D eigenvalue weighted by Crippen LogP contribution is 2.18. The number of ether oxygens (including phenoxy) is 1. The molecule has 0 aliphatic rings. The molecule has 1 aromatic carbocycles. The maximum atomic E-state index is 8.69. The lowest BCUT2D eigenvalue weighted by Crippen LogP contribution is -2.23. The number of nitriles is 1. The summed E-state index contributed by atoms with van der Waals surface area (Å²) in [6.07, 6.45) is 0. The third-order valence-corrected chi connectivity index (χ3v) is 2.54. The Labute approximate surface area is 97.0 Å². The highest BCUT2D eigenvalue weighted by atomic mass is 16.5. The van der Waals surface area contributed by atoms with Crippen molar-refractivity contribution in [3.63, 3.8) is 0 Å². The Morgan fingerprint density at radius 3 is 2.81 bits per heavy atom. The van der Waals surface area contributed by atoms with Crippen LogP contribution < -0.4 is 10.1 Å². The van der Waals surface area contributed by atoms with Crippen molar-refractivity contribution in [2.24, 2.45) is 5.92 Å². The van der Waals surface area contributed by atoms with Crippen molar-refractivity contribution in [1.82, 2.24) is 5.32 Å². The molecule has 0 fully saturated rings.